The predicted octanol–water partition coefficient (Wildman–Crippen LogP) is 8.03. The first-order valence-electron chi connectivity index (χ1n) is 23.7. The van der Waals surface area contributed by atoms with Gasteiger partial charge in [-0.15, -0.1) is 0 Å². The van der Waals surface area contributed by atoms with E-state index in [1.54, 1.807) is 18.5 Å². The van der Waals surface area contributed by atoms with Crippen molar-refractivity contribution in [3.8, 4) is 12.1 Å². The third kappa shape index (κ3) is 11.8. The highest BCUT2D eigenvalue weighted by Gasteiger charge is 2.57. The molecule has 0 atom stereocenters. The second kappa shape index (κ2) is 20.4. The van der Waals surface area contributed by atoms with Crippen LogP contribution in [-0.4, -0.2) is 127 Å². The number of halogens is 3. The number of alkyl halides is 3. The number of imide groups is 2. The molecular weight excluding hydrogens is 1000 g/mol. The molecule has 73 heavy (non-hydrogen) atoms. The van der Waals surface area contributed by atoms with E-state index in [0.29, 0.717) is 61.4 Å². The lowest BCUT2D eigenvalue weighted by Crippen LogP contribution is -2.51. The summed E-state index contributed by atoms with van der Waals surface area (Å²) in [6.07, 6.45) is 2.29. The summed E-state index contributed by atoms with van der Waals surface area (Å²) < 4.78 is 18.5. The van der Waals surface area contributed by atoms with E-state index in [1.807, 2.05) is 66.3 Å². The van der Waals surface area contributed by atoms with Gasteiger partial charge < -0.3 is 28.2 Å². The molecule has 1 aromatic carbocycles. The summed E-state index contributed by atoms with van der Waals surface area (Å²) in [4.78, 5) is 87.9. The van der Waals surface area contributed by atoms with Crippen molar-refractivity contribution in [3.05, 3.63) is 83.5 Å². The molecule has 5 aromatic rings. The zero-order chi connectivity index (χ0) is 52.7. The van der Waals surface area contributed by atoms with Crippen LogP contribution in [-0.2, 0) is 56.5 Å². The normalized spacial score (nSPS) is 18.0. The number of nitrogens with zero attached hydrogens (tertiary/aromatic N) is 12. The third-order valence-corrected chi connectivity index (χ3v) is 13.3. The SMILES string of the molecule is CC(C)(C)Cn1c(CN2C(=O)OC3(CCN(C(=O)OCC(Cl)(Cl)Cl)CC3)C2=O)cc2cnc(C#N)nc21.CC(C)(C)Cn1c(CN2C(=O)OC3(CCN(Cc4ccccc4)CC3)C2=O)cc2cnc(C#N)nc21. The highest BCUT2D eigenvalue weighted by atomic mass is 35.6. The van der Waals surface area contributed by atoms with Crippen molar-refractivity contribution in [2.24, 2.45) is 10.8 Å². The standard InChI is InChI=1S/C27H30N6O3.C23H25Cl3N6O5/c1-26(2,3)18-33-21(13-20-15-29-22(14-28)30-23(20)33)17-32-24(34)27(36-25(32)35)9-11-31(12-10-27)16-19-7-5-4-6-8-19;1-21(2,3)12-32-15(8-14-10-28-16(9-27)29-17(14)32)11-31-18(33)22(37-20(31)35)4-6-30(7-5-22)19(34)36-13-23(24,25)26/h4-8,13,15H,9-12,16-18H2,1-3H3;8,10H,4-7,11-13H2,1-3H3. The highest BCUT2D eigenvalue weighted by Crippen LogP contribution is 2.39. The molecule has 4 aliphatic rings. The monoisotopic (exact) mass is 1060 g/mol. The Morgan fingerprint density at radius 3 is 1.53 bits per heavy atom. The molecule has 5 amide bonds. The second-order valence-corrected chi connectivity index (χ2v) is 23.7. The molecule has 23 heteroatoms. The van der Waals surface area contributed by atoms with E-state index in [-0.39, 0.29) is 67.4 Å². The van der Waals surface area contributed by atoms with Gasteiger partial charge in [0, 0.05) is 106 Å². The number of hydrogen-bond donors (Lipinski definition) is 0. The van der Waals surface area contributed by atoms with E-state index in [2.05, 4.69) is 57.7 Å². The van der Waals surface area contributed by atoms with Crippen LogP contribution >= 0.6 is 34.8 Å². The molecule has 0 aliphatic carbocycles. The number of carbonyl (C=O) groups is 5. The second-order valence-electron chi connectivity index (χ2n) is 21.2. The van der Waals surface area contributed by atoms with E-state index in [0.717, 1.165) is 22.5 Å². The number of nitriles is 2. The van der Waals surface area contributed by atoms with E-state index in [9.17, 15) is 34.5 Å². The summed E-state index contributed by atoms with van der Waals surface area (Å²) in [6, 6.07) is 17.8. The van der Waals surface area contributed by atoms with Crippen LogP contribution in [0.25, 0.3) is 22.1 Å². The minimum Gasteiger partial charge on any atom is -0.445 e. The number of ether oxygens (including phenoxy) is 3. The average Bonchev–Trinajstić information content (AvgIpc) is 3.99. The minimum atomic E-state index is -1.73. The Morgan fingerprint density at radius 2 is 1.12 bits per heavy atom. The summed E-state index contributed by atoms with van der Waals surface area (Å²) >= 11 is 16.9. The van der Waals surface area contributed by atoms with Crippen LogP contribution in [0.1, 0.15) is 95.8 Å². The molecule has 384 valence electrons. The third-order valence-electron chi connectivity index (χ3n) is 12.9. The smallest absolute Gasteiger partial charge is 0.418 e. The summed E-state index contributed by atoms with van der Waals surface area (Å²) in [5, 5.41) is 20.0. The molecule has 0 unspecified atom stereocenters. The van der Waals surface area contributed by atoms with Crippen molar-refractivity contribution in [2.45, 2.75) is 115 Å². The zero-order valence-electron chi connectivity index (χ0n) is 41.4. The lowest BCUT2D eigenvalue weighted by molar-refractivity contribution is -0.141. The van der Waals surface area contributed by atoms with Gasteiger partial charge in [-0.25, -0.2) is 44.1 Å². The molecule has 0 bridgehead atoms. The molecule has 4 saturated heterocycles. The van der Waals surface area contributed by atoms with Crippen LogP contribution in [0, 0.1) is 33.5 Å². The van der Waals surface area contributed by atoms with Crippen LogP contribution < -0.4 is 0 Å². The van der Waals surface area contributed by atoms with Crippen molar-refractivity contribution >= 4 is 87.0 Å². The first-order valence-corrected chi connectivity index (χ1v) is 24.9. The minimum absolute atomic E-state index is 0.0297. The van der Waals surface area contributed by atoms with Crippen molar-refractivity contribution < 1.29 is 38.2 Å². The van der Waals surface area contributed by atoms with Gasteiger partial charge in [0.05, 0.1) is 13.1 Å². The van der Waals surface area contributed by atoms with Crippen LogP contribution in [0.4, 0.5) is 14.4 Å². The fourth-order valence-electron chi connectivity index (χ4n) is 9.48. The lowest BCUT2D eigenvalue weighted by Gasteiger charge is -2.36. The number of aromatic nitrogens is 6. The number of hydrogen-bond acceptors (Lipinski definition) is 15. The summed E-state index contributed by atoms with van der Waals surface area (Å²) in [5.74, 6) is -0.631. The molecule has 4 aliphatic heterocycles. The molecular formula is C50H55Cl3N12O8. The molecule has 0 saturated carbocycles. The largest absolute Gasteiger partial charge is 0.445 e. The number of piperidine rings is 2. The maximum Gasteiger partial charge on any atom is 0.418 e. The van der Waals surface area contributed by atoms with Crippen LogP contribution in [0.2, 0.25) is 0 Å². The van der Waals surface area contributed by atoms with Crippen LogP contribution in [0.15, 0.2) is 54.9 Å². The van der Waals surface area contributed by atoms with Gasteiger partial charge in [0.25, 0.3) is 11.8 Å². The number of carbonyl (C=O) groups excluding carboxylic acids is 5. The van der Waals surface area contributed by atoms with E-state index in [1.165, 1.54) is 15.4 Å². The van der Waals surface area contributed by atoms with Gasteiger partial charge in [0.2, 0.25) is 15.4 Å². The molecule has 8 heterocycles. The fraction of sp³-hybridized carbons (Fsp3) is 0.500. The molecule has 9 rings (SSSR count). The van der Waals surface area contributed by atoms with E-state index >= 15 is 0 Å². The van der Waals surface area contributed by atoms with E-state index < -0.39 is 45.8 Å². The quantitative estimate of drug-likeness (QED) is 0.100. The van der Waals surface area contributed by atoms with Crippen LogP contribution in [0.5, 0.6) is 0 Å². The van der Waals surface area contributed by atoms with E-state index in [4.69, 9.17) is 49.0 Å². The average molecular weight is 1060 g/mol. The van der Waals surface area contributed by atoms with Crippen LogP contribution in [0.3, 0.4) is 0 Å². The summed E-state index contributed by atoms with van der Waals surface area (Å²) in [5.41, 5.74) is 1.09. The topological polar surface area (TPSA) is 235 Å². The van der Waals surface area contributed by atoms with Crippen molar-refractivity contribution in [1.82, 2.24) is 48.7 Å². The fourth-order valence-corrected chi connectivity index (χ4v) is 9.64. The summed E-state index contributed by atoms with van der Waals surface area (Å²) in [6.45, 7) is 15.6. The zero-order valence-corrected chi connectivity index (χ0v) is 43.6. The molecule has 0 N–H and O–H groups in total. The maximum atomic E-state index is 13.6. The first-order chi connectivity index (χ1) is 34.4. The van der Waals surface area contributed by atoms with Gasteiger partial charge in [0.1, 0.15) is 30.0 Å². The van der Waals surface area contributed by atoms with Gasteiger partial charge in [0.15, 0.2) is 11.2 Å². The molecule has 2 spiro atoms. The lowest BCUT2D eigenvalue weighted by atomic mass is 9.90. The molecule has 20 nitrogen and oxygen atoms in total. The molecule has 4 fully saturated rings. The van der Waals surface area contributed by atoms with Crippen molar-refractivity contribution in [3.63, 3.8) is 0 Å². The number of benzene rings is 1. The Balaban J connectivity index is 0.000000195. The first kappa shape index (κ1) is 52.7. The molecule has 4 aromatic heterocycles. The van der Waals surface area contributed by atoms with Gasteiger partial charge in [-0.2, -0.15) is 10.5 Å². The number of rotatable bonds is 9. The van der Waals surface area contributed by atoms with Crippen molar-refractivity contribution in [2.75, 3.05) is 32.8 Å². The Hall–Kier alpha value is -6.58. The predicted molar refractivity (Wildman–Crippen MR) is 266 cm³/mol. The number of fused-ring (bicyclic) bond motifs is 2. The number of likely N-dealkylation sites (tertiary alicyclic amines) is 2. The molecule has 0 radical (unpaired) electrons. The van der Waals surface area contributed by atoms with Gasteiger partial charge >= 0.3 is 18.3 Å². The Labute approximate surface area is 436 Å². The van der Waals surface area contributed by atoms with Gasteiger partial charge in [-0.3, -0.25) is 14.5 Å². The Bertz CT molecular complexity index is 3040. The van der Waals surface area contributed by atoms with Gasteiger partial charge in [-0.1, -0.05) is 107 Å². The Kier molecular flexibility index (Phi) is 14.7. The Morgan fingerprint density at radius 1 is 0.685 bits per heavy atom. The van der Waals surface area contributed by atoms with Crippen molar-refractivity contribution in [1.29, 1.82) is 10.5 Å². The van der Waals surface area contributed by atoms with Gasteiger partial charge in [-0.05, 0) is 28.5 Å². The highest BCUT2D eigenvalue weighted by molar-refractivity contribution is 6.67. The summed E-state index contributed by atoms with van der Waals surface area (Å²) in [7, 11) is 0. The maximum absolute atomic E-state index is 13.6. The number of amides is 5.